The molecule has 4 N–H and O–H groups in total. The highest BCUT2D eigenvalue weighted by Crippen LogP contribution is 2.19. The van der Waals surface area contributed by atoms with Crippen LogP contribution in [0.5, 0.6) is 0 Å². The molecule has 1 amide bonds. The summed E-state index contributed by atoms with van der Waals surface area (Å²) in [6.07, 6.45) is 0.740. The second-order valence-corrected chi connectivity index (χ2v) is 4.54. The number of methoxy groups -OCH3 is 1. The normalized spacial score (nSPS) is 10.2. The molecule has 0 aliphatic carbocycles. The minimum absolute atomic E-state index is 0.201. The van der Waals surface area contributed by atoms with Crippen LogP contribution >= 0.6 is 0 Å². The zero-order valence-corrected chi connectivity index (χ0v) is 11.9. The molecule has 0 aromatic heterocycles. The van der Waals surface area contributed by atoms with Gasteiger partial charge >= 0.3 is 0 Å². The number of hydrogen-bond acceptors (Lipinski definition) is 4. The predicted octanol–water partition coefficient (Wildman–Crippen LogP) is 2.41. The van der Waals surface area contributed by atoms with Crippen LogP contribution < -0.4 is 16.6 Å². The van der Waals surface area contributed by atoms with E-state index in [9.17, 15) is 4.79 Å². The van der Waals surface area contributed by atoms with Crippen LogP contribution in [0.1, 0.15) is 15.9 Å². The molecule has 0 unspecified atom stereocenters. The zero-order valence-electron chi connectivity index (χ0n) is 11.9. The summed E-state index contributed by atoms with van der Waals surface area (Å²) in [7, 11) is 1.66. The van der Waals surface area contributed by atoms with E-state index in [1.807, 2.05) is 30.3 Å². The fourth-order valence-corrected chi connectivity index (χ4v) is 2.07. The summed E-state index contributed by atoms with van der Waals surface area (Å²) in [6.45, 7) is 0.605. The van der Waals surface area contributed by atoms with Crippen molar-refractivity contribution >= 4 is 17.3 Å². The lowest BCUT2D eigenvalue weighted by Gasteiger charge is -2.12. The summed E-state index contributed by atoms with van der Waals surface area (Å²) in [5.41, 5.74) is 5.44. The smallest absolute Gasteiger partial charge is 0.257 e. The van der Waals surface area contributed by atoms with Crippen molar-refractivity contribution in [2.45, 2.75) is 6.42 Å². The Balaban J connectivity index is 2.19. The van der Waals surface area contributed by atoms with E-state index >= 15 is 0 Å². The SMILES string of the molecule is COCCc1ccccc1NC(=O)c1ccccc1NN. The number of carbonyl (C=O) groups excluding carboxylic acids is 1. The Labute approximate surface area is 124 Å². The third kappa shape index (κ3) is 3.81. The molecule has 0 saturated heterocycles. The van der Waals surface area contributed by atoms with E-state index in [0.717, 1.165) is 17.7 Å². The number of hydrazine groups is 1. The Bertz CT molecular complexity index is 614. The predicted molar refractivity (Wildman–Crippen MR) is 84.2 cm³/mol. The third-order valence-electron chi connectivity index (χ3n) is 3.17. The van der Waals surface area contributed by atoms with Gasteiger partial charge in [-0.1, -0.05) is 30.3 Å². The molecule has 0 saturated carbocycles. The van der Waals surface area contributed by atoms with E-state index < -0.39 is 0 Å². The number of rotatable bonds is 6. The molecule has 0 heterocycles. The molecular weight excluding hydrogens is 266 g/mol. The second-order valence-electron chi connectivity index (χ2n) is 4.54. The Morgan fingerprint density at radius 2 is 1.76 bits per heavy atom. The van der Waals surface area contributed by atoms with E-state index in [4.69, 9.17) is 10.6 Å². The molecule has 0 radical (unpaired) electrons. The van der Waals surface area contributed by atoms with Crippen LogP contribution in [0.15, 0.2) is 48.5 Å². The first kappa shape index (κ1) is 15.0. The van der Waals surface area contributed by atoms with Gasteiger partial charge in [-0.2, -0.15) is 0 Å². The highest BCUT2D eigenvalue weighted by molar-refractivity contribution is 6.08. The first-order chi connectivity index (χ1) is 10.3. The van der Waals surface area contributed by atoms with E-state index in [0.29, 0.717) is 17.9 Å². The van der Waals surface area contributed by atoms with Gasteiger partial charge in [-0.3, -0.25) is 10.6 Å². The zero-order chi connectivity index (χ0) is 15.1. The molecule has 21 heavy (non-hydrogen) atoms. The van der Waals surface area contributed by atoms with E-state index in [-0.39, 0.29) is 5.91 Å². The number of nitrogens with two attached hydrogens (primary N) is 1. The lowest BCUT2D eigenvalue weighted by molar-refractivity contribution is 0.102. The number of carbonyl (C=O) groups is 1. The van der Waals surface area contributed by atoms with Crippen LogP contribution in [0.3, 0.4) is 0 Å². The van der Waals surface area contributed by atoms with Crippen LogP contribution in [-0.2, 0) is 11.2 Å². The van der Waals surface area contributed by atoms with Crippen LogP contribution in [0.4, 0.5) is 11.4 Å². The lowest BCUT2D eigenvalue weighted by atomic mass is 10.1. The standard InChI is InChI=1S/C16H19N3O2/c1-21-11-10-12-6-2-4-8-14(12)18-16(20)13-7-3-5-9-15(13)19-17/h2-9,19H,10-11,17H2,1H3,(H,18,20). The molecular formula is C16H19N3O2. The average molecular weight is 285 g/mol. The van der Waals surface area contributed by atoms with E-state index in [1.54, 1.807) is 25.3 Å². The number of ether oxygens (including phenoxy) is 1. The summed E-state index contributed by atoms with van der Waals surface area (Å²) in [5, 5.41) is 2.92. The lowest BCUT2D eigenvalue weighted by Crippen LogP contribution is -2.18. The average Bonchev–Trinajstić information content (AvgIpc) is 2.54. The van der Waals surface area contributed by atoms with Gasteiger partial charge in [0, 0.05) is 12.8 Å². The summed E-state index contributed by atoms with van der Waals surface area (Å²) in [4.78, 5) is 12.4. The summed E-state index contributed by atoms with van der Waals surface area (Å²) in [5.74, 6) is 5.23. The van der Waals surface area contributed by atoms with Crippen molar-refractivity contribution in [3.05, 3.63) is 59.7 Å². The summed E-state index contributed by atoms with van der Waals surface area (Å²) >= 11 is 0. The number of nitrogen functional groups attached to an aromatic ring is 1. The fraction of sp³-hybridized carbons (Fsp3) is 0.188. The highest BCUT2D eigenvalue weighted by Gasteiger charge is 2.12. The minimum atomic E-state index is -0.201. The van der Waals surface area contributed by atoms with E-state index in [2.05, 4.69) is 10.7 Å². The fourth-order valence-electron chi connectivity index (χ4n) is 2.07. The number of amides is 1. The van der Waals surface area contributed by atoms with Crippen molar-refractivity contribution in [2.75, 3.05) is 24.5 Å². The van der Waals surface area contributed by atoms with Gasteiger partial charge < -0.3 is 15.5 Å². The van der Waals surface area contributed by atoms with Gasteiger partial charge in [0.15, 0.2) is 0 Å². The van der Waals surface area contributed by atoms with Crippen LogP contribution in [0, 0.1) is 0 Å². The Morgan fingerprint density at radius 1 is 1.10 bits per heavy atom. The maximum Gasteiger partial charge on any atom is 0.257 e. The summed E-state index contributed by atoms with van der Waals surface area (Å²) in [6, 6.07) is 14.8. The van der Waals surface area contributed by atoms with Gasteiger partial charge in [0.2, 0.25) is 0 Å². The highest BCUT2D eigenvalue weighted by atomic mass is 16.5. The molecule has 5 nitrogen and oxygen atoms in total. The van der Waals surface area contributed by atoms with Gasteiger partial charge in [0.1, 0.15) is 0 Å². The third-order valence-corrected chi connectivity index (χ3v) is 3.17. The summed E-state index contributed by atoms with van der Waals surface area (Å²) < 4.78 is 5.09. The van der Waals surface area contributed by atoms with E-state index in [1.165, 1.54) is 0 Å². The van der Waals surface area contributed by atoms with Gasteiger partial charge in [-0.15, -0.1) is 0 Å². The molecule has 0 fully saturated rings. The number of benzene rings is 2. The van der Waals surface area contributed by atoms with Gasteiger partial charge in [-0.25, -0.2) is 0 Å². The monoisotopic (exact) mass is 285 g/mol. The Morgan fingerprint density at radius 3 is 2.48 bits per heavy atom. The van der Waals surface area contributed by atoms with Gasteiger partial charge in [0.05, 0.1) is 17.9 Å². The largest absolute Gasteiger partial charge is 0.384 e. The first-order valence-electron chi connectivity index (χ1n) is 6.70. The first-order valence-corrected chi connectivity index (χ1v) is 6.70. The number of nitrogens with one attached hydrogen (secondary N) is 2. The molecule has 5 heteroatoms. The number of hydrogen-bond donors (Lipinski definition) is 3. The van der Waals surface area contributed by atoms with Crippen molar-refractivity contribution in [3.8, 4) is 0 Å². The van der Waals surface area contributed by atoms with Gasteiger partial charge in [-0.05, 0) is 30.2 Å². The topological polar surface area (TPSA) is 76.4 Å². The molecule has 0 aliphatic heterocycles. The van der Waals surface area contributed by atoms with Crippen molar-refractivity contribution in [3.63, 3.8) is 0 Å². The quantitative estimate of drug-likeness (QED) is 0.563. The molecule has 0 aliphatic rings. The Kier molecular flexibility index (Phi) is 5.31. The second kappa shape index (κ2) is 7.42. The molecule has 0 spiro atoms. The maximum absolute atomic E-state index is 12.4. The van der Waals surface area contributed by atoms with Crippen LogP contribution in [0.25, 0.3) is 0 Å². The molecule has 2 aromatic carbocycles. The minimum Gasteiger partial charge on any atom is -0.384 e. The van der Waals surface area contributed by atoms with Crippen molar-refractivity contribution < 1.29 is 9.53 Å². The van der Waals surface area contributed by atoms with Crippen molar-refractivity contribution in [2.24, 2.45) is 5.84 Å². The van der Waals surface area contributed by atoms with Crippen LogP contribution in [-0.4, -0.2) is 19.6 Å². The van der Waals surface area contributed by atoms with Crippen molar-refractivity contribution in [1.29, 1.82) is 0 Å². The Hall–Kier alpha value is -2.37. The maximum atomic E-state index is 12.4. The molecule has 0 atom stereocenters. The number of anilines is 2. The molecule has 110 valence electrons. The van der Waals surface area contributed by atoms with Crippen molar-refractivity contribution in [1.82, 2.24) is 0 Å². The molecule has 2 rings (SSSR count). The molecule has 0 bridgehead atoms. The number of para-hydroxylation sites is 2. The molecule has 2 aromatic rings. The van der Waals surface area contributed by atoms with Gasteiger partial charge in [0.25, 0.3) is 5.91 Å². The van der Waals surface area contributed by atoms with Crippen LogP contribution in [0.2, 0.25) is 0 Å².